The minimum Gasteiger partial charge on any atom is -0.338 e. The third kappa shape index (κ3) is 4.37. The van der Waals surface area contributed by atoms with Crippen molar-refractivity contribution in [2.24, 2.45) is 0 Å². The molecule has 0 spiro atoms. The van der Waals surface area contributed by atoms with Gasteiger partial charge in [0.25, 0.3) is 0 Å². The number of hydrogen-bond acceptors (Lipinski definition) is 4. The van der Waals surface area contributed by atoms with E-state index in [1.54, 1.807) is 0 Å². The van der Waals surface area contributed by atoms with Crippen molar-refractivity contribution in [3.63, 3.8) is 0 Å². The lowest BCUT2D eigenvalue weighted by atomic mass is 9.89. The quantitative estimate of drug-likeness (QED) is 0.604. The van der Waals surface area contributed by atoms with Crippen LogP contribution < -0.4 is 0 Å². The average Bonchev–Trinajstić information content (AvgIpc) is 3.06. The van der Waals surface area contributed by atoms with Crippen LogP contribution in [0.5, 0.6) is 0 Å². The molecule has 3 nitrogen and oxygen atoms in total. The van der Waals surface area contributed by atoms with E-state index in [4.69, 9.17) is 4.52 Å². The Balaban J connectivity index is 1.72. The van der Waals surface area contributed by atoms with Gasteiger partial charge in [-0.15, -0.1) is 11.8 Å². The Hall–Kier alpha value is -1.50. The van der Waals surface area contributed by atoms with E-state index in [2.05, 4.69) is 10.1 Å². The summed E-state index contributed by atoms with van der Waals surface area (Å²) in [6, 6.07) is 5.15. The van der Waals surface area contributed by atoms with E-state index in [1.807, 2.05) is 13.8 Å². The molecular weight excluding hydrogens is 349 g/mol. The van der Waals surface area contributed by atoms with Crippen molar-refractivity contribution in [3.05, 3.63) is 41.5 Å². The van der Waals surface area contributed by atoms with Crippen LogP contribution in [-0.2, 0) is 10.9 Å². The second-order valence-electron chi connectivity index (χ2n) is 6.93. The van der Waals surface area contributed by atoms with Crippen LogP contribution in [0.4, 0.5) is 13.2 Å². The Kier molecular flexibility index (Phi) is 5.14. The first-order chi connectivity index (χ1) is 11.8. The summed E-state index contributed by atoms with van der Waals surface area (Å²) in [5, 5.41) is 4.15. The smallest absolute Gasteiger partial charge is 0.338 e. The number of aromatic nitrogens is 2. The van der Waals surface area contributed by atoms with E-state index < -0.39 is 16.5 Å². The minimum absolute atomic E-state index is 0.359. The molecule has 0 aliphatic heterocycles. The molecule has 3 rings (SSSR count). The van der Waals surface area contributed by atoms with Crippen molar-refractivity contribution in [1.82, 2.24) is 10.1 Å². The summed E-state index contributed by atoms with van der Waals surface area (Å²) in [7, 11) is 0. The molecule has 1 fully saturated rings. The molecule has 1 heterocycles. The third-order valence-corrected chi connectivity index (χ3v) is 5.67. The van der Waals surface area contributed by atoms with Crippen molar-refractivity contribution in [3.8, 4) is 0 Å². The maximum atomic E-state index is 12.7. The maximum Gasteiger partial charge on any atom is 0.416 e. The van der Waals surface area contributed by atoms with Gasteiger partial charge in [-0.2, -0.15) is 18.2 Å². The second kappa shape index (κ2) is 7.02. The fourth-order valence-electron chi connectivity index (χ4n) is 3.06. The number of halogens is 3. The lowest BCUT2D eigenvalue weighted by Crippen LogP contribution is -2.13. The fourth-order valence-corrected chi connectivity index (χ4v) is 4.09. The Morgan fingerprint density at radius 3 is 2.28 bits per heavy atom. The molecule has 1 aromatic carbocycles. The minimum atomic E-state index is -4.32. The largest absolute Gasteiger partial charge is 0.416 e. The summed E-state index contributed by atoms with van der Waals surface area (Å²) in [5.74, 6) is 1.63. The zero-order valence-corrected chi connectivity index (χ0v) is 15.1. The molecule has 0 bridgehead atoms. The lowest BCUT2D eigenvalue weighted by Gasteiger charge is -2.20. The summed E-state index contributed by atoms with van der Waals surface area (Å²) < 4.78 is 42.9. The van der Waals surface area contributed by atoms with Crippen molar-refractivity contribution >= 4 is 11.8 Å². The van der Waals surface area contributed by atoms with E-state index in [1.165, 1.54) is 43.2 Å². The van der Waals surface area contributed by atoms with Gasteiger partial charge in [0.05, 0.1) is 10.3 Å². The Morgan fingerprint density at radius 2 is 1.68 bits per heavy atom. The number of benzene rings is 1. The van der Waals surface area contributed by atoms with Gasteiger partial charge in [-0.25, -0.2) is 0 Å². The number of rotatable bonds is 4. The molecule has 1 aliphatic carbocycles. The highest BCUT2D eigenvalue weighted by molar-refractivity contribution is 8.00. The molecule has 1 aliphatic rings. The fraction of sp³-hybridized carbons (Fsp3) is 0.556. The molecule has 2 aromatic rings. The molecule has 0 atom stereocenters. The molecule has 0 radical (unpaired) electrons. The van der Waals surface area contributed by atoms with Gasteiger partial charge in [0, 0.05) is 10.8 Å². The van der Waals surface area contributed by atoms with Gasteiger partial charge in [0.2, 0.25) is 5.89 Å². The molecule has 1 aromatic heterocycles. The Bertz CT molecular complexity index is 704. The SMILES string of the molecule is CC(C)(Sc1ccc(C(F)(F)F)cc1)c1nc(C2CCCCC2)no1. The number of hydrogen-bond donors (Lipinski definition) is 0. The number of thioether (sulfide) groups is 1. The van der Waals surface area contributed by atoms with E-state index in [-0.39, 0.29) is 0 Å². The van der Waals surface area contributed by atoms with E-state index in [9.17, 15) is 13.2 Å². The van der Waals surface area contributed by atoms with Crippen molar-refractivity contribution < 1.29 is 17.7 Å². The third-order valence-electron chi connectivity index (χ3n) is 4.48. The van der Waals surface area contributed by atoms with Crippen LogP contribution in [0.3, 0.4) is 0 Å². The van der Waals surface area contributed by atoms with Gasteiger partial charge in [-0.3, -0.25) is 0 Å². The van der Waals surface area contributed by atoms with Crippen LogP contribution in [0, 0.1) is 0 Å². The predicted octanol–water partition coefficient (Wildman–Crippen LogP) is 6.16. The van der Waals surface area contributed by atoms with Crippen LogP contribution in [0.2, 0.25) is 0 Å². The first-order valence-corrected chi connectivity index (χ1v) is 9.28. The molecular formula is C18H21F3N2OS. The number of nitrogens with zero attached hydrogens (tertiary/aromatic N) is 2. The molecule has 0 amide bonds. The molecule has 136 valence electrons. The summed E-state index contributed by atoms with van der Waals surface area (Å²) in [4.78, 5) is 5.31. The summed E-state index contributed by atoms with van der Waals surface area (Å²) in [6.07, 6.45) is 1.50. The first kappa shape index (κ1) is 18.3. The van der Waals surface area contributed by atoms with Crippen LogP contribution in [0.15, 0.2) is 33.7 Å². The van der Waals surface area contributed by atoms with Crippen LogP contribution in [0.25, 0.3) is 0 Å². The molecule has 0 N–H and O–H groups in total. The van der Waals surface area contributed by atoms with Crippen molar-refractivity contribution in [1.29, 1.82) is 0 Å². The van der Waals surface area contributed by atoms with Gasteiger partial charge in [-0.05, 0) is 51.0 Å². The summed E-state index contributed by atoms with van der Waals surface area (Å²) in [6.45, 7) is 3.88. The van der Waals surface area contributed by atoms with E-state index >= 15 is 0 Å². The van der Waals surface area contributed by atoms with Gasteiger partial charge >= 0.3 is 6.18 Å². The lowest BCUT2D eigenvalue weighted by molar-refractivity contribution is -0.137. The van der Waals surface area contributed by atoms with Crippen molar-refractivity contribution in [2.45, 2.75) is 67.7 Å². The Morgan fingerprint density at radius 1 is 1.04 bits per heavy atom. The van der Waals surface area contributed by atoms with E-state index in [0.29, 0.717) is 11.8 Å². The monoisotopic (exact) mass is 370 g/mol. The highest BCUT2D eigenvalue weighted by Crippen LogP contribution is 2.42. The zero-order valence-electron chi connectivity index (χ0n) is 14.3. The molecule has 0 saturated heterocycles. The van der Waals surface area contributed by atoms with E-state index in [0.717, 1.165) is 35.7 Å². The highest BCUT2D eigenvalue weighted by atomic mass is 32.2. The molecule has 0 unspecified atom stereocenters. The van der Waals surface area contributed by atoms with Gasteiger partial charge in [0.15, 0.2) is 5.82 Å². The van der Waals surface area contributed by atoms with Gasteiger partial charge in [0.1, 0.15) is 0 Å². The maximum absolute atomic E-state index is 12.7. The molecule has 7 heteroatoms. The average molecular weight is 370 g/mol. The molecule has 1 saturated carbocycles. The van der Waals surface area contributed by atoms with Gasteiger partial charge < -0.3 is 4.52 Å². The number of alkyl halides is 3. The Labute approximate surface area is 149 Å². The van der Waals surface area contributed by atoms with Crippen LogP contribution in [0.1, 0.15) is 69.1 Å². The first-order valence-electron chi connectivity index (χ1n) is 8.46. The topological polar surface area (TPSA) is 38.9 Å². The predicted molar refractivity (Wildman–Crippen MR) is 90.5 cm³/mol. The normalized spacial score (nSPS) is 17.0. The van der Waals surface area contributed by atoms with Crippen molar-refractivity contribution in [2.75, 3.05) is 0 Å². The summed E-state index contributed by atoms with van der Waals surface area (Å²) >= 11 is 1.41. The van der Waals surface area contributed by atoms with Crippen LogP contribution in [-0.4, -0.2) is 10.1 Å². The summed E-state index contributed by atoms with van der Waals surface area (Å²) in [5.41, 5.74) is -0.646. The standard InChI is InChI=1S/C18H21F3N2OS/c1-17(2,25-14-10-8-13(9-11-14)18(19,20)21)16-22-15(23-24-16)12-6-4-3-5-7-12/h8-12H,3-7H2,1-2H3. The molecule has 25 heavy (non-hydrogen) atoms. The zero-order chi connectivity index (χ0) is 18.1. The van der Waals surface area contributed by atoms with Crippen LogP contribution >= 0.6 is 11.8 Å². The van der Waals surface area contributed by atoms with Gasteiger partial charge in [-0.1, -0.05) is 24.4 Å². The second-order valence-corrected chi connectivity index (χ2v) is 8.62. The highest BCUT2D eigenvalue weighted by Gasteiger charge is 2.33.